The van der Waals surface area contributed by atoms with Crippen molar-refractivity contribution < 1.29 is 13.2 Å². The molecule has 0 amide bonds. The average Bonchev–Trinajstić information content (AvgIpc) is 2.19. The molecule has 0 atom stereocenters. The number of rotatable bonds is 2. The van der Waals surface area contributed by atoms with Gasteiger partial charge in [-0.05, 0) is 26.0 Å². The molecule has 0 aliphatic heterocycles. The molecule has 0 unspecified atom stereocenters. The molecule has 1 aromatic rings. The second-order valence-electron chi connectivity index (χ2n) is 3.58. The highest BCUT2D eigenvalue weighted by Crippen LogP contribution is 2.22. The molecule has 1 N–H and O–H groups in total. The fourth-order valence-corrected chi connectivity index (χ4v) is 0.987. The van der Waals surface area contributed by atoms with E-state index in [1.807, 2.05) is 6.07 Å². The van der Waals surface area contributed by atoms with Gasteiger partial charge >= 0.3 is 0 Å². The SMILES string of the molecule is CC(C)(C#N)Nc1ccc(F)c(F)c1F. The number of nitrogens with one attached hydrogen (secondary N) is 1. The molecule has 0 aromatic heterocycles. The Bertz CT molecular complexity index is 421. The van der Waals surface area contributed by atoms with Crippen molar-refractivity contribution in [2.24, 2.45) is 0 Å². The first-order chi connectivity index (χ1) is 6.87. The minimum Gasteiger partial charge on any atom is -0.365 e. The number of nitriles is 1. The lowest BCUT2D eigenvalue weighted by Gasteiger charge is -2.19. The van der Waals surface area contributed by atoms with Crippen LogP contribution in [0.5, 0.6) is 0 Å². The largest absolute Gasteiger partial charge is 0.365 e. The molecule has 0 fully saturated rings. The van der Waals surface area contributed by atoms with Crippen molar-refractivity contribution in [3.63, 3.8) is 0 Å². The average molecular weight is 214 g/mol. The van der Waals surface area contributed by atoms with Crippen molar-refractivity contribution in [3.8, 4) is 6.07 Å². The lowest BCUT2D eigenvalue weighted by atomic mass is 10.1. The zero-order valence-corrected chi connectivity index (χ0v) is 8.24. The van der Waals surface area contributed by atoms with Gasteiger partial charge in [0.25, 0.3) is 0 Å². The van der Waals surface area contributed by atoms with Gasteiger partial charge in [-0.3, -0.25) is 0 Å². The van der Waals surface area contributed by atoms with Gasteiger partial charge in [0.2, 0.25) is 0 Å². The molecule has 1 aromatic carbocycles. The molecule has 0 saturated heterocycles. The van der Waals surface area contributed by atoms with Gasteiger partial charge in [-0.2, -0.15) is 5.26 Å². The van der Waals surface area contributed by atoms with Crippen molar-refractivity contribution in [2.45, 2.75) is 19.4 Å². The Labute approximate surface area is 85.3 Å². The zero-order chi connectivity index (χ0) is 11.6. The van der Waals surface area contributed by atoms with E-state index < -0.39 is 23.0 Å². The second kappa shape index (κ2) is 3.81. The molecule has 2 nitrogen and oxygen atoms in total. The Balaban J connectivity index is 3.09. The van der Waals surface area contributed by atoms with E-state index in [0.29, 0.717) is 0 Å². The molecule has 5 heteroatoms. The maximum atomic E-state index is 13.1. The van der Waals surface area contributed by atoms with Gasteiger partial charge in [0.1, 0.15) is 5.54 Å². The van der Waals surface area contributed by atoms with E-state index in [2.05, 4.69) is 5.32 Å². The molecule has 1 rings (SSSR count). The minimum atomic E-state index is -1.55. The fourth-order valence-electron chi connectivity index (χ4n) is 0.987. The third-order valence-corrected chi connectivity index (χ3v) is 1.76. The van der Waals surface area contributed by atoms with Gasteiger partial charge in [-0.1, -0.05) is 0 Å². The molecular weight excluding hydrogens is 205 g/mol. The molecule has 15 heavy (non-hydrogen) atoms. The van der Waals surface area contributed by atoms with Crippen LogP contribution >= 0.6 is 0 Å². The number of hydrogen-bond donors (Lipinski definition) is 1. The quantitative estimate of drug-likeness (QED) is 0.768. The van der Waals surface area contributed by atoms with Crippen LogP contribution < -0.4 is 5.32 Å². The van der Waals surface area contributed by atoms with E-state index >= 15 is 0 Å². The minimum absolute atomic E-state index is 0.236. The van der Waals surface area contributed by atoms with Crippen LogP contribution in [-0.2, 0) is 0 Å². The number of hydrogen-bond acceptors (Lipinski definition) is 2. The molecular formula is C10H9F3N2. The first-order valence-corrected chi connectivity index (χ1v) is 4.20. The Kier molecular flexibility index (Phi) is 2.89. The lowest BCUT2D eigenvalue weighted by molar-refractivity contribution is 0.448. The summed E-state index contributed by atoms with van der Waals surface area (Å²) in [4.78, 5) is 0. The van der Waals surface area contributed by atoms with Crippen molar-refractivity contribution in [1.29, 1.82) is 5.26 Å². The van der Waals surface area contributed by atoms with E-state index in [9.17, 15) is 13.2 Å². The summed E-state index contributed by atoms with van der Waals surface area (Å²) >= 11 is 0. The fraction of sp³-hybridized carbons (Fsp3) is 0.300. The van der Waals surface area contributed by atoms with Crippen molar-refractivity contribution in [1.82, 2.24) is 0 Å². The summed E-state index contributed by atoms with van der Waals surface area (Å²) in [6, 6.07) is 3.71. The van der Waals surface area contributed by atoms with Gasteiger partial charge < -0.3 is 5.32 Å². The Hall–Kier alpha value is -1.70. The summed E-state index contributed by atoms with van der Waals surface area (Å²) in [7, 11) is 0. The maximum absolute atomic E-state index is 13.1. The lowest BCUT2D eigenvalue weighted by Crippen LogP contribution is -2.29. The molecule has 0 spiro atoms. The third kappa shape index (κ3) is 2.40. The number of halogens is 3. The Morgan fingerprint density at radius 3 is 2.33 bits per heavy atom. The van der Waals surface area contributed by atoms with Crippen molar-refractivity contribution in [3.05, 3.63) is 29.6 Å². The van der Waals surface area contributed by atoms with Crippen LogP contribution in [-0.4, -0.2) is 5.54 Å². The van der Waals surface area contributed by atoms with Crippen LogP contribution in [0.1, 0.15) is 13.8 Å². The monoisotopic (exact) mass is 214 g/mol. The summed E-state index contributed by atoms with van der Waals surface area (Å²) in [5, 5.41) is 11.1. The first kappa shape index (κ1) is 11.4. The van der Waals surface area contributed by atoms with Crippen LogP contribution in [0, 0.1) is 28.8 Å². The molecule has 0 radical (unpaired) electrons. The summed E-state index contributed by atoms with van der Waals surface area (Å²) < 4.78 is 38.5. The molecule has 0 bridgehead atoms. The normalized spacial score (nSPS) is 10.9. The highest BCUT2D eigenvalue weighted by molar-refractivity contribution is 5.48. The van der Waals surface area contributed by atoms with Gasteiger partial charge in [0.15, 0.2) is 17.5 Å². The molecule has 80 valence electrons. The number of nitrogens with zero attached hydrogens (tertiary/aromatic N) is 1. The predicted octanol–water partition coefficient (Wildman–Crippen LogP) is 2.82. The Morgan fingerprint density at radius 1 is 1.20 bits per heavy atom. The van der Waals surface area contributed by atoms with Crippen LogP contribution in [0.3, 0.4) is 0 Å². The zero-order valence-electron chi connectivity index (χ0n) is 8.24. The topological polar surface area (TPSA) is 35.8 Å². The maximum Gasteiger partial charge on any atom is 0.196 e. The molecule has 0 heterocycles. The van der Waals surface area contributed by atoms with Gasteiger partial charge in [-0.15, -0.1) is 0 Å². The molecule has 0 aliphatic rings. The van der Waals surface area contributed by atoms with Crippen molar-refractivity contribution >= 4 is 5.69 Å². The standard InChI is InChI=1S/C10H9F3N2/c1-10(2,5-14)15-7-4-3-6(11)8(12)9(7)13/h3-4,15H,1-2H3. The molecule has 0 aliphatic carbocycles. The van der Waals surface area contributed by atoms with E-state index in [-0.39, 0.29) is 5.69 Å². The second-order valence-corrected chi connectivity index (χ2v) is 3.58. The van der Waals surface area contributed by atoms with E-state index in [4.69, 9.17) is 5.26 Å². The van der Waals surface area contributed by atoms with Crippen LogP contribution in [0.2, 0.25) is 0 Å². The highest BCUT2D eigenvalue weighted by Gasteiger charge is 2.20. The van der Waals surface area contributed by atoms with E-state index in [1.54, 1.807) is 0 Å². The molecule has 0 saturated carbocycles. The summed E-state index contributed by atoms with van der Waals surface area (Å²) in [5.41, 5.74) is -1.29. The first-order valence-electron chi connectivity index (χ1n) is 4.20. The van der Waals surface area contributed by atoms with Crippen LogP contribution in [0.4, 0.5) is 18.9 Å². The summed E-state index contributed by atoms with van der Waals surface area (Å²) in [6.45, 7) is 2.99. The van der Waals surface area contributed by atoms with Crippen LogP contribution in [0.25, 0.3) is 0 Å². The third-order valence-electron chi connectivity index (χ3n) is 1.76. The summed E-state index contributed by atoms with van der Waals surface area (Å²) in [6.07, 6.45) is 0. The predicted molar refractivity (Wildman–Crippen MR) is 49.6 cm³/mol. The number of benzene rings is 1. The van der Waals surface area contributed by atoms with Gasteiger partial charge in [0, 0.05) is 0 Å². The highest BCUT2D eigenvalue weighted by atomic mass is 19.2. The number of anilines is 1. The summed E-state index contributed by atoms with van der Waals surface area (Å²) in [5.74, 6) is -4.13. The smallest absolute Gasteiger partial charge is 0.196 e. The Morgan fingerprint density at radius 2 is 1.80 bits per heavy atom. The van der Waals surface area contributed by atoms with E-state index in [1.165, 1.54) is 13.8 Å². The van der Waals surface area contributed by atoms with E-state index in [0.717, 1.165) is 12.1 Å². The van der Waals surface area contributed by atoms with Crippen LogP contribution in [0.15, 0.2) is 12.1 Å². The van der Waals surface area contributed by atoms with Crippen molar-refractivity contribution in [2.75, 3.05) is 5.32 Å². The van der Waals surface area contributed by atoms with Gasteiger partial charge in [-0.25, -0.2) is 13.2 Å². The van der Waals surface area contributed by atoms with Gasteiger partial charge in [0.05, 0.1) is 11.8 Å².